The highest BCUT2D eigenvalue weighted by Crippen LogP contribution is 2.14. The molecule has 0 aromatic heterocycles. The Hall–Kier alpha value is -1.18. The van der Waals surface area contributed by atoms with Crippen LogP contribution in [0.3, 0.4) is 0 Å². The molecule has 0 spiro atoms. The Morgan fingerprint density at radius 1 is 0.455 bits per heavy atom. The molecule has 0 atom stereocenters. The van der Waals surface area contributed by atoms with Gasteiger partial charge in [0.2, 0.25) is 11.8 Å². The van der Waals surface area contributed by atoms with Crippen LogP contribution in [0.1, 0.15) is 155 Å². The monoisotopic (exact) mass is 625 g/mol. The smallest absolute Gasteiger partial charge is 0.222 e. The summed E-state index contributed by atoms with van der Waals surface area (Å²) in [6, 6.07) is 0. The molecule has 0 aromatic carbocycles. The third-order valence-electron chi connectivity index (χ3n) is 8.62. The first-order valence-corrected chi connectivity index (χ1v) is 18.7. The highest BCUT2D eigenvalue weighted by atomic mass is 16.3. The standard InChI is InChI=1S/C37H76N4O3/c1-7-9-11-13-15-17-19-21-23-27-36(43)40(31-25-29-38(3)4)33-35(42)34-41(32-26-30-39(5)6)37(44)28-24-22-20-18-16-14-12-10-8-2/h35,42H,7-34H2,1-6H3. The Labute approximate surface area is 274 Å². The zero-order chi connectivity index (χ0) is 32.8. The first-order valence-electron chi connectivity index (χ1n) is 18.7. The van der Waals surface area contributed by atoms with Crippen molar-refractivity contribution in [2.75, 3.05) is 67.5 Å². The summed E-state index contributed by atoms with van der Waals surface area (Å²) in [6.07, 6.45) is 24.3. The number of carbonyl (C=O) groups is 2. The van der Waals surface area contributed by atoms with E-state index in [1.54, 1.807) is 0 Å². The van der Waals surface area contributed by atoms with Crippen LogP contribution in [0.2, 0.25) is 0 Å². The van der Waals surface area contributed by atoms with Crippen LogP contribution in [0.5, 0.6) is 0 Å². The second kappa shape index (κ2) is 30.5. The van der Waals surface area contributed by atoms with E-state index in [2.05, 4.69) is 23.6 Å². The lowest BCUT2D eigenvalue weighted by Gasteiger charge is -2.30. The highest BCUT2D eigenvalue weighted by Gasteiger charge is 2.22. The van der Waals surface area contributed by atoms with Crippen LogP contribution in [-0.2, 0) is 9.59 Å². The predicted molar refractivity (Wildman–Crippen MR) is 189 cm³/mol. The van der Waals surface area contributed by atoms with Gasteiger partial charge in [0.05, 0.1) is 6.10 Å². The maximum Gasteiger partial charge on any atom is 0.222 e. The van der Waals surface area contributed by atoms with Crippen molar-refractivity contribution >= 4 is 11.8 Å². The fraction of sp³-hybridized carbons (Fsp3) is 0.946. The summed E-state index contributed by atoms with van der Waals surface area (Å²) >= 11 is 0. The van der Waals surface area contributed by atoms with Crippen molar-refractivity contribution in [3.05, 3.63) is 0 Å². The van der Waals surface area contributed by atoms with Gasteiger partial charge in [-0.25, -0.2) is 0 Å². The van der Waals surface area contributed by atoms with Crippen LogP contribution in [0, 0.1) is 0 Å². The number of unbranched alkanes of at least 4 members (excludes halogenated alkanes) is 16. The van der Waals surface area contributed by atoms with E-state index >= 15 is 0 Å². The summed E-state index contributed by atoms with van der Waals surface area (Å²) in [5.74, 6) is 0.289. The molecule has 44 heavy (non-hydrogen) atoms. The van der Waals surface area contributed by atoms with E-state index in [1.165, 1.54) is 89.9 Å². The van der Waals surface area contributed by atoms with Gasteiger partial charge in [-0.05, 0) is 67.0 Å². The molecule has 0 aliphatic carbocycles. The maximum atomic E-state index is 13.2. The molecule has 2 amide bonds. The number of rotatable bonds is 32. The Morgan fingerprint density at radius 3 is 1.05 bits per heavy atom. The van der Waals surface area contributed by atoms with Crippen molar-refractivity contribution in [3.8, 4) is 0 Å². The van der Waals surface area contributed by atoms with Gasteiger partial charge in [0.1, 0.15) is 0 Å². The summed E-state index contributed by atoms with van der Waals surface area (Å²) in [5, 5.41) is 11.2. The number of hydrogen-bond acceptors (Lipinski definition) is 5. The van der Waals surface area contributed by atoms with E-state index in [1.807, 2.05) is 38.0 Å². The molecule has 7 nitrogen and oxygen atoms in total. The van der Waals surface area contributed by atoms with Gasteiger partial charge in [0, 0.05) is 39.0 Å². The molecule has 0 rings (SSSR count). The molecule has 0 saturated heterocycles. The summed E-state index contributed by atoms with van der Waals surface area (Å²) in [6.45, 7) is 8.23. The summed E-state index contributed by atoms with van der Waals surface area (Å²) in [4.78, 5) is 34.5. The fourth-order valence-corrected chi connectivity index (χ4v) is 5.85. The summed E-state index contributed by atoms with van der Waals surface area (Å²) < 4.78 is 0. The lowest BCUT2D eigenvalue weighted by Crippen LogP contribution is -2.45. The van der Waals surface area contributed by atoms with Crippen LogP contribution in [0.25, 0.3) is 0 Å². The molecule has 0 unspecified atom stereocenters. The van der Waals surface area contributed by atoms with Crippen molar-refractivity contribution in [2.45, 2.75) is 161 Å². The Morgan fingerprint density at radius 2 is 0.750 bits per heavy atom. The molecule has 0 heterocycles. The van der Waals surface area contributed by atoms with E-state index in [4.69, 9.17) is 0 Å². The van der Waals surface area contributed by atoms with E-state index in [9.17, 15) is 14.7 Å². The largest absolute Gasteiger partial charge is 0.389 e. The summed E-state index contributed by atoms with van der Waals surface area (Å²) in [5.41, 5.74) is 0. The van der Waals surface area contributed by atoms with Crippen LogP contribution >= 0.6 is 0 Å². The Kier molecular flexibility index (Phi) is 29.7. The maximum absolute atomic E-state index is 13.2. The predicted octanol–water partition coefficient (Wildman–Crippen LogP) is 7.75. The van der Waals surface area contributed by atoms with Gasteiger partial charge in [0.15, 0.2) is 0 Å². The topological polar surface area (TPSA) is 67.3 Å². The second-order valence-corrected chi connectivity index (χ2v) is 13.8. The first-order chi connectivity index (χ1) is 21.2. The molecule has 0 radical (unpaired) electrons. The molecule has 0 saturated carbocycles. The summed E-state index contributed by atoms with van der Waals surface area (Å²) in [7, 11) is 8.20. The Bertz CT molecular complexity index is 605. The number of nitrogens with zero attached hydrogens (tertiary/aromatic N) is 4. The van der Waals surface area contributed by atoms with Crippen LogP contribution in [0.4, 0.5) is 0 Å². The zero-order valence-corrected chi connectivity index (χ0v) is 30.4. The lowest BCUT2D eigenvalue weighted by molar-refractivity contribution is -0.135. The van der Waals surface area contributed by atoms with E-state index < -0.39 is 6.10 Å². The average molecular weight is 625 g/mol. The van der Waals surface area contributed by atoms with Gasteiger partial charge in [0.25, 0.3) is 0 Å². The SMILES string of the molecule is CCCCCCCCCCCC(=O)N(CCCN(C)C)CC(O)CN(CCCN(C)C)C(=O)CCCCCCCCCCC. The fourth-order valence-electron chi connectivity index (χ4n) is 5.85. The second-order valence-electron chi connectivity index (χ2n) is 13.8. The minimum atomic E-state index is -0.729. The molecule has 7 heteroatoms. The van der Waals surface area contributed by atoms with Crippen molar-refractivity contribution in [3.63, 3.8) is 0 Å². The molecule has 0 fully saturated rings. The molecule has 1 N–H and O–H groups in total. The number of hydrogen-bond donors (Lipinski definition) is 1. The molecule has 0 aliphatic rings. The molecule has 0 aliphatic heterocycles. The minimum Gasteiger partial charge on any atom is -0.389 e. The highest BCUT2D eigenvalue weighted by molar-refractivity contribution is 5.77. The van der Waals surface area contributed by atoms with Gasteiger partial charge in [-0.3, -0.25) is 9.59 Å². The van der Waals surface area contributed by atoms with Gasteiger partial charge < -0.3 is 24.7 Å². The lowest BCUT2D eigenvalue weighted by atomic mass is 10.1. The quantitative estimate of drug-likeness (QED) is 0.0776. The van der Waals surface area contributed by atoms with Crippen LogP contribution in [0.15, 0.2) is 0 Å². The minimum absolute atomic E-state index is 0.144. The molecule has 0 bridgehead atoms. The number of carbonyl (C=O) groups excluding carboxylic acids is 2. The normalized spacial score (nSPS) is 11.7. The van der Waals surface area contributed by atoms with E-state index in [-0.39, 0.29) is 11.8 Å². The first kappa shape index (κ1) is 42.8. The molecular weight excluding hydrogens is 548 g/mol. The number of amides is 2. The van der Waals surface area contributed by atoms with E-state index in [0.717, 1.165) is 51.6 Å². The average Bonchev–Trinajstić information content (AvgIpc) is 2.97. The van der Waals surface area contributed by atoms with Gasteiger partial charge in [-0.2, -0.15) is 0 Å². The van der Waals surface area contributed by atoms with Crippen molar-refractivity contribution in [1.82, 2.24) is 19.6 Å². The number of aliphatic hydroxyl groups excluding tert-OH is 1. The molecule has 262 valence electrons. The van der Waals surface area contributed by atoms with Gasteiger partial charge in [-0.15, -0.1) is 0 Å². The van der Waals surface area contributed by atoms with Crippen molar-refractivity contribution in [1.29, 1.82) is 0 Å². The van der Waals surface area contributed by atoms with Gasteiger partial charge >= 0.3 is 0 Å². The van der Waals surface area contributed by atoms with Gasteiger partial charge in [-0.1, -0.05) is 117 Å². The van der Waals surface area contributed by atoms with Crippen molar-refractivity contribution in [2.24, 2.45) is 0 Å². The third kappa shape index (κ3) is 27.2. The van der Waals surface area contributed by atoms with E-state index in [0.29, 0.717) is 39.0 Å². The van der Waals surface area contributed by atoms with Crippen LogP contribution < -0.4 is 0 Å². The zero-order valence-electron chi connectivity index (χ0n) is 30.4. The third-order valence-corrected chi connectivity index (χ3v) is 8.62. The number of aliphatic hydroxyl groups is 1. The Balaban J connectivity index is 4.82. The van der Waals surface area contributed by atoms with Crippen LogP contribution in [-0.4, -0.2) is 110 Å². The van der Waals surface area contributed by atoms with Crippen molar-refractivity contribution < 1.29 is 14.7 Å². The molecular formula is C37H76N4O3. The molecule has 0 aromatic rings.